The number of likely N-dealkylation sites (tertiary alicyclic amines) is 1. The summed E-state index contributed by atoms with van der Waals surface area (Å²) >= 11 is 1.68. The van der Waals surface area contributed by atoms with Gasteiger partial charge in [-0.2, -0.15) is 0 Å². The number of carbonyl (C=O) groups is 1. The van der Waals surface area contributed by atoms with Crippen molar-refractivity contribution in [3.05, 3.63) is 16.1 Å². The summed E-state index contributed by atoms with van der Waals surface area (Å²) in [6.45, 7) is 8.17. The molecule has 6 nitrogen and oxygen atoms in total. The van der Waals surface area contributed by atoms with E-state index in [-0.39, 0.29) is 17.9 Å². The molecule has 0 bridgehead atoms. The number of amides is 1. The number of nitrogens with zero attached hydrogens (tertiary/aromatic N) is 3. The summed E-state index contributed by atoms with van der Waals surface area (Å²) in [5.74, 6) is 1.06. The molecule has 0 aromatic carbocycles. The minimum Gasteiger partial charge on any atom is -0.352 e. The van der Waals surface area contributed by atoms with E-state index >= 15 is 0 Å². The van der Waals surface area contributed by atoms with E-state index in [1.165, 1.54) is 4.88 Å². The molecule has 0 saturated carbocycles. The summed E-state index contributed by atoms with van der Waals surface area (Å²) in [6, 6.07) is 0.261. The third-order valence-corrected chi connectivity index (χ3v) is 4.57. The molecule has 1 atom stereocenters. The van der Waals surface area contributed by atoms with Crippen LogP contribution in [-0.4, -0.2) is 47.9 Å². The topological polar surface area (TPSA) is 69.6 Å². The highest BCUT2D eigenvalue weighted by atomic mass is 32.1. The van der Waals surface area contributed by atoms with Crippen molar-refractivity contribution in [3.63, 3.8) is 0 Å². The predicted molar refractivity (Wildman–Crippen MR) is 90.0 cm³/mol. The molecule has 0 spiro atoms. The van der Waals surface area contributed by atoms with E-state index < -0.39 is 0 Å². The van der Waals surface area contributed by atoms with E-state index in [1.807, 2.05) is 31.9 Å². The minimum absolute atomic E-state index is 0.0609. The fourth-order valence-electron chi connectivity index (χ4n) is 2.49. The molecule has 2 N–H and O–H groups in total. The van der Waals surface area contributed by atoms with E-state index in [9.17, 15) is 4.79 Å². The SMILES string of the molecule is CN=C(NCc1cnc(C)s1)NC1CCN(C(=O)C(C)C)C1. The number of aliphatic imine (C=N–C) groups is 1. The van der Waals surface area contributed by atoms with Crippen LogP contribution >= 0.6 is 11.3 Å². The van der Waals surface area contributed by atoms with Gasteiger partial charge in [-0.3, -0.25) is 9.79 Å². The standard InChI is InChI=1S/C15H25N5OS/c1-10(2)14(21)20-6-5-12(9-20)19-15(16-4)18-8-13-7-17-11(3)22-13/h7,10,12H,5-6,8-9H2,1-4H3,(H2,16,18,19). The Balaban J connectivity index is 1.80. The Kier molecular flexibility index (Phi) is 5.76. The molecule has 0 aliphatic carbocycles. The van der Waals surface area contributed by atoms with Gasteiger partial charge >= 0.3 is 0 Å². The zero-order valence-corrected chi connectivity index (χ0v) is 14.5. The maximum absolute atomic E-state index is 12.0. The number of hydrogen-bond acceptors (Lipinski definition) is 4. The number of aryl methyl sites for hydroxylation is 1. The van der Waals surface area contributed by atoms with Gasteiger partial charge in [0.1, 0.15) is 0 Å². The lowest BCUT2D eigenvalue weighted by Gasteiger charge is -2.20. The number of nitrogens with one attached hydrogen (secondary N) is 2. The van der Waals surface area contributed by atoms with Crippen LogP contribution in [0.3, 0.4) is 0 Å². The first-order valence-corrected chi connectivity index (χ1v) is 8.48. The third-order valence-electron chi connectivity index (χ3n) is 3.66. The van der Waals surface area contributed by atoms with Gasteiger partial charge in [0.15, 0.2) is 5.96 Å². The molecule has 1 fully saturated rings. The van der Waals surface area contributed by atoms with E-state index in [4.69, 9.17) is 0 Å². The molecule has 1 saturated heterocycles. The molecule has 1 amide bonds. The maximum atomic E-state index is 12.0. The van der Waals surface area contributed by atoms with Gasteiger partial charge in [0.05, 0.1) is 11.6 Å². The van der Waals surface area contributed by atoms with Crippen LogP contribution in [0.4, 0.5) is 0 Å². The molecular formula is C15H25N5OS. The molecule has 1 aromatic rings. The Morgan fingerprint density at radius 3 is 2.95 bits per heavy atom. The molecule has 1 aliphatic rings. The van der Waals surface area contributed by atoms with Crippen molar-refractivity contribution in [2.45, 2.75) is 39.8 Å². The summed E-state index contributed by atoms with van der Waals surface area (Å²) in [5.41, 5.74) is 0. The quantitative estimate of drug-likeness (QED) is 0.649. The number of hydrogen-bond donors (Lipinski definition) is 2. The highest BCUT2D eigenvalue weighted by Gasteiger charge is 2.27. The summed E-state index contributed by atoms with van der Waals surface area (Å²) < 4.78 is 0. The molecular weight excluding hydrogens is 298 g/mol. The van der Waals surface area contributed by atoms with Gasteiger partial charge in [-0.15, -0.1) is 11.3 Å². The number of guanidine groups is 1. The second-order valence-electron chi connectivity index (χ2n) is 5.84. The van der Waals surface area contributed by atoms with Gasteiger partial charge in [0, 0.05) is 43.2 Å². The van der Waals surface area contributed by atoms with Crippen molar-refractivity contribution in [1.29, 1.82) is 0 Å². The molecule has 2 rings (SSSR count). The van der Waals surface area contributed by atoms with Crippen molar-refractivity contribution in [3.8, 4) is 0 Å². The third kappa shape index (κ3) is 4.43. The molecule has 22 heavy (non-hydrogen) atoms. The van der Waals surface area contributed by atoms with Crippen LogP contribution in [0.5, 0.6) is 0 Å². The Morgan fingerprint density at radius 1 is 1.59 bits per heavy atom. The van der Waals surface area contributed by atoms with Gasteiger partial charge in [-0.05, 0) is 13.3 Å². The highest BCUT2D eigenvalue weighted by molar-refractivity contribution is 7.11. The average molecular weight is 323 g/mol. The number of rotatable bonds is 4. The molecule has 7 heteroatoms. The minimum atomic E-state index is 0.0609. The van der Waals surface area contributed by atoms with E-state index in [1.54, 1.807) is 18.4 Å². The fraction of sp³-hybridized carbons (Fsp3) is 0.667. The zero-order chi connectivity index (χ0) is 16.1. The smallest absolute Gasteiger partial charge is 0.225 e. The Hall–Kier alpha value is -1.63. The fourth-order valence-corrected chi connectivity index (χ4v) is 3.22. The summed E-state index contributed by atoms with van der Waals surface area (Å²) in [7, 11) is 1.76. The molecule has 1 aromatic heterocycles. The predicted octanol–water partition coefficient (Wildman–Crippen LogP) is 1.37. The van der Waals surface area contributed by atoms with Crippen molar-refractivity contribution in [2.75, 3.05) is 20.1 Å². The normalized spacial score (nSPS) is 18.9. The van der Waals surface area contributed by atoms with Crippen molar-refractivity contribution < 1.29 is 4.79 Å². The average Bonchev–Trinajstić information content (AvgIpc) is 3.11. The summed E-state index contributed by atoms with van der Waals surface area (Å²) in [6.07, 6.45) is 2.84. The number of carbonyl (C=O) groups excluding carboxylic acids is 1. The first-order chi connectivity index (χ1) is 10.5. The van der Waals surface area contributed by atoms with Crippen LogP contribution in [0.2, 0.25) is 0 Å². The monoisotopic (exact) mass is 323 g/mol. The second-order valence-corrected chi connectivity index (χ2v) is 7.16. The van der Waals surface area contributed by atoms with Crippen molar-refractivity contribution in [1.82, 2.24) is 20.5 Å². The maximum Gasteiger partial charge on any atom is 0.225 e. The second kappa shape index (κ2) is 7.58. The van der Waals surface area contributed by atoms with Gasteiger partial charge < -0.3 is 15.5 Å². The van der Waals surface area contributed by atoms with Crippen LogP contribution in [0.25, 0.3) is 0 Å². The lowest BCUT2D eigenvalue weighted by molar-refractivity contribution is -0.133. The van der Waals surface area contributed by atoms with Crippen LogP contribution in [0.1, 0.15) is 30.2 Å². The Bertz CT molecular complexity index is 540. The number of aromatic nitrogens is 1. The Morgan fingerprint density at radius 2 is 2.36 bits per heavy atom. The van der Waals surface area contributed by atoms with Gasteiger partial charge in [0.25, 0.3) is 0 Å². The van der Waals surface area contributed by atoms with Crippen LogP contribution in [0.15, 0.2) is 11.2 Å². The van der Waals surface area contributed by atoms with E-state index in [0.29, 0.717) is 6.54 Å². The first-order valence-electron chi connectivity index (χ1n) is 7.67. The lowest BCUT2D eigenvalue weighted by atomic mass is 10.2. The van der Waals surface area contributed by atoms with Crippen LogP contribution in [0, 0.1) is 12.8 Å². The molecule has 122 valence electrons. The largest absolute Gasteiger partial charge is 0.352 e. The Labute approximate surface area is 136 Å². The molecule has 1 unspecified atom stereocenters. The summed E-state index contributed by atoms with van der Waals surface area (Å²) in [4.78, 5) is 23.6. The van der Waals surface area contributed by atoms with Crippen molar-refractivity contribution >= 4 is 23.2 Å². The van der Waals surface area contributed by atoms with Gasteiger partial charge in [0.2, 0.25) is 5.91 Å². The highest BCUT2D eigenvalue weighted by Crippen LogP contribution is 2.13. The van der Waals surface area contributed by atoms with Crippen LogP contribution in [-0.2, 0) is 11.3 Å². The van der Waals surface area contributed by atoms with E-state index in [2.05, 4.69) is 20.6 Å². The van der Waals surface area contributed by atoms with Gasteiger partial charge in [-0.1, -0.05) is 13.8 Å². The summed E-state index contributed by atoms with van der Waals surface area (Å²) in [5, 5.41) is 7.76. The molecule has 2 heterocycles. The zero-order valence-electron chi connectivity index (χ0n) is 13.7. The number of thiazole rings is 1. The van der Waals surface area contributed by atoms with E-state index in [0.717, 1.165) is 30.5 Å². The lowest BCUT2D eigenvalue weighted by Crippen LogP contribution is -2.45. The molecule has 1 aliphatic heterocycles. The van der Waals surface area contributed by atoms with Crippen LogP contribution < -0.4 is 10.6 Å². The van der Waals surface area contributed by atoms with Crippen molar-refractivity contribution in [2.24, 2.45) is 10.9 Å². The first kappa shape index (κ1) is 16.7. The molecule has 0 radical (unpaired) electrons. The van der Waals surface area contributed by atoms with Gasteiger partial charge in [-0.25, -0.2) is 4.98 Å².